The number of hydrogen-bond acceptors (Lipinski definition) is 4. The van der Waals surface area contributed by atoms with Gasteiger partial charge in [-0.2, -0.15) is 0 Å². The smallest absolute Gasteiger partial charge is 0.120 e. The first-order valence-electron chi connectivity index (χ1n) is 9.28. The van der Waals surface area contributed by atoms with Crippen molar-refractivity contribution in [2.75, 3.05) is 21.3 Å². The molecule has 0 unspecified atom stereocenters. The Morgan fingerprint density at radius 2 is 1.59 bits per heavy atom. The molecule has 1 heterocycles. The lowest BCUT2D eigenvalue weighted by atomic mass is 9.98. The summed E-state index contributed by atoms with van der Waals surface area (Å²) in [7, 11) is 4.95. The van der Waals surface area contributed by atoms with Crippen LogP contribution < -0.4 is 9.47 Å². The zero-order valence-corrected chi connectivity index (χ0v) is 19.9. The second kappa shape index (κ2) is 11.8. The summed E-state index contributed by atoms with van der Waals surface area (Å²) < 4.78 is 16.0. The highest BCUT2D eigenvalue weighted by atomic mass is 79.9. The summed E-state index contributed by atoms with van der Waals surface area (Å²) in [6, 6.07) is 14.7. The number of methoxy groups -OCH3 is 2. The minimum absolute atomic E-state index is 0.876. The van der Waals surface area contributed by atoms with Gasteiger partial charge in [0.1, 0.15) is 11.5 Å². The van der Waals surface area contributed by atoms with Crippen molar-refractivity contribution in [2.24, 2.45) is 0 Å². The maximum atomic E-state index is 5.42. The monoisotopic (exact) mass is 474 g/mol. The number of ether oxygens (including phenoxy) is 2. The zero-order chi connectivity index (χ0) is 21.2. The van der Waals surface area contributed by atoms with Gasteiger partial charge >= 0.3 is 0 Å². The third-order valence-electron chi connectivity index (χ3n) is 4.48. The fourth-order valence-corrected chi connectivity index (χ4v) is 4.34. The Balaban J connectivity index is 0.000000941. The topological polar surface area (TPSA) is 27.7 Å². The third kappa shape index (κ3) is 5.95. The van der Waals surface area contributed by atoms with Crippen molar-refractivity contribution in [1.82, 2.24) is 0 Å². The van der Waals surface area contributed by atoms with E-state index in [1.807, 2.05) is 29.5 Å². The van der Waals surface area contributed by atoms with Crippen LogP contribution in [0.2, 0.25) is 0 Å². The Hall–Kier alpha value is -2.08. The fraction of sp³-hybridized carbons (Fsp3) is 0.250. The van der Waals surface area contributed by atoms with Crippen molar-refractivity contribution in [3.63, 3.8) is 0 Å². The van der Waals surface area contributed by atoms with Gasteiger partial charge in [0.25, 0.3) is 0 Å². The average Bonchev–Trinajstić information content (AvgIpc) is 3.11. The fourth-order valence-electron chi connectivity index (χ4n) is 3.08. The van der Waals surface area contributed by atoms with Crippen molar-refractivity contribution >= 4 is 37.7 Å². The van der Waals surface area contributed by atoms with Gasteiger partial charge in [-0.15, -0.1) is 11.3 Å². The molecule has 0 N–H and O–H groups in total. The van der Waals surface area contributed by atoms with Crippen LogP contribution in [-0.2, 0) is 10.2 Å². The molecule has 0 fully saturated rings. The highest BCUT2D eigenvalue weighted by Gasteiger charge is 2.15. The van der Waals surface area contributed by atoms with Gasteiger partial charge in [0.2, 0.25) is 0 Å². The Morgan fingerprint density at radius 1 is 0.966 bits per heavy atom. The van der Waals surface area contributed by atoms with Gasteiger partial charge in [0, 0.05) is 9.58 Å². The lowest BCUT2D eigenvalue weighted by molar-refractivity contribution is 0.415. The Bertz CT molecular complexity index is 972. The Kier molecular flexibility index (Phi) is 9.45. The minimum Gasteiger partial charge on any atom is -0.497 e. The molecule has 0 aliphatic heterocycles. The molecular formula is C24H27BrO3S. The number of fused-ring (bicyclic) bond motifs is 1. The van der Waals surface area contributed by atoms with E-state index in [1.165, 1.54) is 31.7 Å². The molecule has 0 bridgehead atoms. The number of rotatable bonds is 6. The molecule has 154 valence electrons. The molecule has 2 aromatic carbocycles. The summed E-state index contributed by atoms with van der Waals surface area (Å²) in [5.41, 5.74) is 3.90. The van der Waals surface area contributed by atoms with E-state index >= 15 is 0 Å². The minimum atomic E-state index is 0.876. The molecule has 3 rings (SSSR count). The van der Waals surface area contributed by atoms with Gasteiger partial charge in [-0.05, 0) is 84.8 Å². The molecule has 0 radical (unpaired) electrons. The van der Waals surface area contributed by atoms with Gasteiger partial charge < -0.3 is 13.3 Å². The predicted octanol–water partition coefficient (Wildman–Crippen LogP) is 7.59. The Morgan fingerprint density at radius 3 is 2.14 bits per heavy atom. The molecule has 0 aliphatic carbocycles. The molecule has 0 amide bonds. The summed E-state index contributed by atoms with van der Waals surface area (Å²) in [6.07, 6.45) is 7.38. The number of halogens is 1. The second-order valence-corrected chi connectivity index (χ2v) is 7.89. The molecule has 0 atom stereocenters. The van der Waals surface area contributed by atoms with Crippen molar-refractivity contribution < 1.29 is 13.3 Å². The summed E-state index contributed by atoms with van der Waals surface area (Å²) in [5.74, 6) is 1.77. The maximum absolute atomic E-state index is 5.42. The van der Waals surface area contributed by atoms with Crippen molar-refractivity contribution in [3.8, 4) is 21.9 Å². The van der Waals surface area contributed by atoms with Gasteiger partial charge in [0.05, 0.1) is 37.6 Å². The van der Waals surface area contributed by atoms with Crippen LogP contribution in [-0.4, -0.2) is 21.3 Å². The summed E-state index contributed by atoms with van der Waals surface area (Å²) in [6.45, 7) is 4.16. The first kappa shape index (κ1) is 23.2. The molecule has 5 heteroatoms. The van der Waals surface area contributed by atoms with Crippen molar-refractivity contribution in [1.29, 1.82) is 0 Å². The standard InChI is InChI=1S/C23H24O2S.CH3BrO/c1-5-7-16(6-2)14-21-20-13-12-19(25-4)15-22(20)26-23(21)17-8-10-18(24-3)11-9-17;1-3-2/h5-13,15H,14H2,1-4H3;1H3/b7-5-,16-6+;. The van der Waals surface area contributed by atoms with Crippen LogP contribution in [0.15, 0.2) is 66.3 Å². The lowest BCUT2D eigenvalue weighted by Gasteiger charge is -2.08. The second-order valence-electron chi connectivity index (χ2n) is 6.20. The molecule has 0 saturated carbocycles. The number of thiophene rings is 1. The van der Waals surface area contributed by atoms with Gasteiger partial charge in [-0.25, -0.2) is 0 Å². The quantitative estimate of drug-likeness (QED) is 0.344. The normalized spacial score (nSPS) is 11.4. The van der Waals surface area contributed by atoms with E-state index in [2.05, 4.69) is 76.4 Å². The van der Waals surface area contributed by atoms with Gasteiger partial charge in [0.15, 0.2) is 0 Å². The molecule has 3 nitrogen and oxygen atoms in total. The van der Waals surface area contributed by atoms with Crippen LogP contribution in [0, 0.1) is 0 Å². The summed E-state index contributed by atoms with van der Waals surface area (Å²) in [5, 5.41) is 1.30. The van der Waals surface area contributed by atoms with E-state index in [4.69, 9.17) is 9.47 Å². The molecular weight excluding hydrogens is 448 g/mol. The average molecular weight is 475 g/mol. The van der Waals surface area contributed by atoms with Gasteiger partial charge in [-0.1, -0.05) is 18.2 Å². The predicted molar refractivity (Wildman–Crippen MR) is 129 cm³/mol. The summed E-state index contributed by atoms with van der Waals surface area (Å²) >= 11 is 4.46. The zero-order valence-electron chi connectivity index (χ0n) is 17.5. The van der Waals surface area contributed by atoms with Crippen LogP contribution in [0.25, 0.3) is 20.5 Å². The van der Waals surface area contributed by atoms with Crippen LogP contribution in [0.3, 0.4) is 0 Å². The highest BCUT2D eigenvalue weighted by Crippen LogP contribution is 2.41. The third-order valence-corrected chi connectivity index (χ3v) is 5.73. The maximum Gasteiger partial charge on any atom is 0.120 e. The molecule has 29 heavy (non-hydrogen) atoms. The van der Waals surface area contributed by atoms with Crippen molar-refractivity contribution in [3.05, 3.63) is 71.8 Å². The van der Waals surface area contributed by atoms with Crippen molar-refractivity contribution in [2.45, 2.75) is 20.3 Å². The molecule has 1 aromatic heterocycles. The van der Waals surface area contributed by atoms with Crippen LogP contribution in [0.4, 0.5) is 0 Å². The van der Waals surface area contributed by atoms with E-state index in [9.17, 15) is 0 Å². The molecule has 0 spiro atoms. The van der Waals surface area contributed by atoms with E-state index < -0.39 is 0 Å². The van der Waals surface area contributed by atoms with Crippen LogP contribution in [0.5, 0.6) is 11.5 Å². The number of benzene rings is 2. The molecule has 0 aliphatic rings. The first-order chi connectivity index (χ1) is 14.1. The summed E-state index contributed by atoms with van der Waals surface area (Å²) in [4.78, 5) is 1.31. The largest absolute Gasteiger partial charge is 0.497 e. The first-order valence-corrected chi connectivity index (χ1v) is 10.7. The number of hydrogen-bond donors (Lipinski definition) is 0. The van der Waals surface area contributed by atoms with Crippen LogP contribution >= 0.6 is 27.6 Å². The SMILES string of the molecule is C/C=C\C(=C/C)Cc1c(-c2ccc(OC)cc2)sc2cc(OC)ccc12.COBr. The van der Waals surface area contributed by atoms with Gasteiger partial charge in [-0.3, -0.25) is 0 Å². The van der Waals surface area contributed by atoms with E-state index in [-0.39, 0.29) is 0 Å². The highest BCUT2D eigenvalue weighted by molar-refractivity contribution is 9.06. The van der Waals surface area contributed by atoms with E-state index in [0.29, 0.717) is 0 Å². The van der Waals surface area contributed by atoms with Crippen LogP contribution in [0.1, 0.15) is 19.4 Å². The number of allylic oxidation sites excluding steroid dienone is 4. The van der Waals surface area contributed by atoms with E-state index in [0.717, 1.165) is 17.9 Å². The molecule has 0 saturated heterocycles. The Labute approximate surface area is 186 Å². The molecule has 3 aromatic rings. The lowest BCUT2D eigenvalue weighted by Crippen LogP contribution is -1.90. The van der Waals surface area contributed by atoms with E-state index in [1.54, 1.807) is 21.3 Å².